The first-order chi connectivity index (χ1) is 8.52. The highest BCUT2D eigenvalue weighted by Crippen LogP contribution is 2.24. The van der Waals surface area contributed by atoms with Crippen LogP contribution in [0, 0.1) is 11.3 Å². The van der Waals surface area contributed by atoms with Crippen LogP contribution in [-0.4, -0.2) is 19.2 Å². The molecule has 18 heavy (non-hydrogen) atoms. The first kappa shape index (κ1) is 12.8. The number of halogens is 1. The number of hydrogen-bond acceptors (Lipinski definition) is 4. The molecule has 2 aromatic rings. The Bertz CT molecular complexity index is 738. The SMILES string of the molecule is N#CCS(=O)(=O)Nc1cccc2cc(Br)cnc12. The van der Waals surface area contributed by atoms with E-state index in [0.29, 0.717) is 11.2 Å². The summed E-state index contributed by atoms with van der Waals surface area (Å²) >= 11 is 3.30. The summed E-state index contributed by atoms with van der Waals surface area (Å²) in [5.74, 6) is -0.583. The molecule has 0 radical (unpaired) electrons. The maximum Gasteiger partial charge on any atom is 0.246 e. The minimum atomic E-state index is -3.65. The molecule has 0 amide bonds. The Morgan fingerprint density at radius 2 is 2.22 bits per heavy atom. The van der Waals surface area contributed by atoms with Crippen LogP contribution in [0.4, 0.5) is 5.69 Å². The summed E-state index contributed by atoms with van der Waals surface area (Å²) in [5.41, 5.74) is 0.914. The minimum Gasteiger partial charge on any atom is -0.280 e. The fourth-order valence-electron chi connectivity index (χ4n) is 1.50. The van der Waals surface area contributed by atoms with E-state index >= 15 is 0 Å². The summed E-state index contributed by atoms with van der Waals surface area (Å²) in [6, 6.07) is 8.61. The molecule has 0 aliphatic carbocycles. The van der Waals surface area contributed by atoms with Gasteiger partial charge in [0.2, 0.25) is 10.0 Å². The van der Waals surface area contributed by atoms with Crippen molar-refractivity contribution in [2.75, 3.05) is 10.5 Å². The van der Waals surface area contributed by atoms with Crippen molar-refractivity contribution in [2.45, 2.75) is 0 Å². The molecule has 0 fully saturated rings. The largest absolute Gasteiger partial charge is 0.280 e. The van der Waals surface area contributed by atoms with Gasteiger partial charge in [-0.15, -0.1) is 0 Å². The number of nitrogens with one attached hydrogen (secondary N) is 1. The Labute approximate surface area is 113 Å². The maximum atomic E-state index is 11.5. The van der Waals surface area contributed by atoms with Gasteiger partial charge in [-0.2, -0.15) is 5.26 Å². The van der Waals surface area contributed by atoms with Crippen molar-refractivity contribution in [1.29, 1.82) is 5.26 Å². The van der Waals surface area contributed by atoms with Crippen molar-refractivity contribution in [2.24, 2.45) is 0 Å². The highest BCUT2D eigenvalue weighted by Gasteiger charge is 2.12. The van der Waals surface area contributed by atoms with Gasteiger partial charge in [-0.3, -0.25) is 9.71 Å². The lowest BCUT2D eigenvalue weighted by atomic mass is 10.2. The van der Waals surface area contributed by atoms with Gasteiger partial charge in [0.15, 0.2) is 5.75 Å². The molecule has 92 valence electrons. The quantitative estimate of drug-likeness (QED) is 0.938. The molecular weight excluding hydrogens is 318 g/mol. The van der Waals surface area contributed by atoms with Crippen LogP contribution in [0.5, 0.6) is 0 Å². The Morgan fingerprint density at radius 3 is 2.94 bits per heavy atom. The predicted molar refractivity (Wildman–Crippen MR) is 72.5 cm³/mol. The summed E-state index contributed by atoms with van der Waals surface area (Å²) in [5, 5.41) is 9.25. The number of nitrogens with zero attached hydrogens (tertiary/aromatic N) is 2. The van der Waals surface area contributed by atoms with Gasteiger partial charge in [0.05, 0.1) is 17.3 Å². The zero-order valence-corrected chi connectivity index (χ0v) is 11.5. The zero-order valence-electron chi connectivity index (χ0n) is 9.09. The molecule has 0 saturated heterocycles. The number of pyridine rings is 1. The van der Waals surface area contributed by atoms with Gasteiger partial charge in [0.1, 0.15) is 0 Å². The number of benzene rings is 1. The number of sulfonamides is 1. The van der Waals surface area contributed by atoms with Crippen molar-refractivity contribution in [1.82, 2.24) is 4.98 Å². The van der Waals surface area contributed by atoms with Gasteiger partial charge >= 0.3 is 0 Å². The summed E-state index contributed by atoms with van der Waals surface area (Å²) in [7, 11) is -3.65. The number of para-hydroxylation sites is 1. The van der Waals surface area contributed by atoms with Gasteiger partial charge in [-0.1, -0.05) is 12.1 Å². The molecule has 1 N–H and O–H groups in total. The van der Waals surface area contributed by atoms with Crippen LogP contribution in [0.2, 0.25) is 0 Å². The molecule has 0 atom stereocenters. The molecule has 0 aliphatic rings. The molecule has 0 aliphatic heterocycles. The van der Waals surface area contributed by atoms with Crippen molar-refractivity contribution in [3.05, 3.63) is 34.9 Å². The monoisotopic (exact) mass is 325 g/mol. The van der Waals surface area contributed by atoms with Crippen LogP contribution in [0.15, 0.2) is 34.9 Å². The van der Waals surface area contributed by atoms with E-state index in [2.05, 4.69) is 25.6 Å². The standard InChI is InChI=1S/C11H8BrN3O2S/c12-9-6-8-2-1-3-10(11(8)14-7-9)15-18(16,17)5-4-13/h1-3,6-7,15H,5H2. The van der Waals surface area contributed by atoms with Gasteiger partial charge in [0, 0.05) is 16.1 Å². The molecule has 2 rings (SSSR count). The lowest BCUT2D eigenvalue weighted by Gasteiger charge is -2.08. The number of hydrogen-bond donors (Lipinski definition) is 1. The Balaban J connectivity index is 2.50. The molecule has 1 aromatic carbocycles. The highest BCUT2D eigenvalue weighted by molar-refractivity contribution is 9.10. The topological polar surface area (TPSA) is 82.8 Å². The van der Waals surface area contributed by atoms with E-state index in [1.165, 1.54) is 0 Å². The fraction of sp³-hybridized carbons (Fsp3) is 0.0909. The molecule has 5 nitrogen and oxygen atoms in total. The number of anilines is 1. The minimum absolute atomic E-state index is 0.371. The van der Waals surface area contributed by atoms with E-state index in [9.17, 15) is 8.42 Å². The van der Waals surface area contributed by atoms with Crippen LogP contribution in [0.3, 0.4) is 0 Å². The summed E-state index contributed by atoms with van der Waals surface area (Å²) in [4.78, 5) is 4.17. The van der Waals surface area contributed by atoms with Crippen molar-refractivity contribution < 1.29 is 8.42 Å². The van der Waals surface area contributed by atoms with Crippen LogP contribution < -0.4 is 4.72 Å². The second-order valence-corrected chi connectivity index (χ2v) is 6.19. The molecule has 0 bridgehead atoms. The van der Waals surface area contributed by atoms with E-state index in [1.54, 1.807) is 24.4 Å². The Hall–Kier alpha value is -1.65. The van der Waals surface area contributed by atoms with Gasteiger partial charge in [-0.25, -0.2) is 8.42 Å². The highest BCUT2D eigenvalue weighted by atomic mass is 79.9. The molecule has 7 heteroatoms. The second-order valence-electron chi connectivity index (χ2n) is 3.55. The second kappa shape index (κ2) is 4.92. The molecular formula is C11H8BrN3O2S. The predicted octanol–water partition coefficient (Wildman–Crippen LogP) is 2.26. The van der Waals surface area contributed by atoms with Crippen LogP contribution in [0.25, 0.3) is 10.9 Å². The lowest BCUT2D eigenvalue weighted by Crippen LogP contribution is -2.15. The number of rotatable bonds is 3. The lowest BCUT2D eigenvalue weighted by molar-refractivity contribution is 0.604. The van der Waals surface area contributed by atoms with Crippen molar-refractivity contribution in [3.8, 4) is 6.07 Å². The molecule has 0 unspecified atom stereocenters. The molecule has 1 heterocycles. The Morgan fingerprint density at radius 1 is 1.44 bits per heavy atom. The Kier molecular flexibility index (Phi) is 3.50. The van der Waals surface area contributed by atoms with Crippen molar-refractivity contribution >= 4 is 42.5 Å². The zero-order chi connectivity index (χ0) is 13.2. The molecule has 0 spiro atoms. The first-order valence-electron chi connectivity index (χ1n) is 4.93. The van der Waals surface area contributed by atoms with Crippen LogP contribution >= 0.6 is 15.9 Å². The van der Waals surface area contributed by atoms with Crippen LogP contribution in [-0.2, 0) is 10.0 Å². The maximum absolute atomic E-state index is 11.5. The number of nitriles is 1. The number of aromatic nitrogens is 1. The average Bonchev–Trinajstić information content (AvgIpc) is 2.28. The van der Waals surface area contributed by atoms with Gasteiger partial charge < -0.3 is 0 Å². The van der Waals surface area contributed by atoms with Gasteiger partial charge in [-0.05, 0) is 28.1 Å². The van der Waals surface area contributed by atoms with Crippen molar-refractivity contribution in [3.63, 3.8) is 0 Å². The van der Waals surface area contributed by atoms with Crippen LogP contribution in [0.1, 0.15) is 0 Å². The van der Waals surface area contributed by atoms with E-state index in [0.717, 1.165) is 9.86 Å². The smallest absolute Gasteiger partial charge is 0.246 e. The third kappa shape index (κ3) is 2.78. The van der Waals surface area contributed by atoms with E-state index in [-0.39, 0.29) is 0 Å². The molecule has 1 aromatic heterocycles. The third-order valence-corrected chi connectivity index (χ3v) is 3.67. The summed E-state index contributed by atoms with van der Waals surface area (Å²) in [6.07, 6.45) is 1.59. The number of fused-ring (bicyclic) bond motifs is 1. The molecule has 0 saturated carbocycles. The third-order valence-electron chi connectivity index (χ3n) is 2.20. The summed E-state index contributed by atoms with van der Waals surface area (Å²) < 4.78 is 26.2. The fourth-order valence-corrected chi connectivity index (χ4v) is 2.60. The van der Waals surface area contributed by atoms with E-state index in [4.69, 9.17) is 5.26 Å². The summed E-state index contributed by atoms with van der Waals surface area (Å²) in [6.45, 7) is 0. The van der Waals surface area contributed by atoms with Gasteiger partial charge in [0.25, 0.3) is 0 Å². The van der Waals surface area contributed by atoms with E-state index in [1.807, 2.05) is 12.1 Å². The van der Waals surface area contributed by atoms with E-state index < -0.39 is 15.8 Å². The average molecular weight is 326 g/mol. The first-order valence-corrected chi connectivity index (χ1v) is 7.38. The normalized spacial score (nSPS) is 11.1.